The van der Waals surface area contributed by atoms with Crippen LogP contribution in [0.25, 0.3) is 0 Å². The van der Waals surface area contributed by atoms with Crippen molar-refractivity contribution in [1.82, 2.24) is 4.98 Å². The smallest absolute Gasteiger partial charge is 0.143 e. The number of benzene rings is 1. The van der Waals surface area contributed by atoms with E-state index in [1.54, 1.807) is 11.3 Å². The van der Waals surface area contributed by atoms with Gasteiger partial charge in [-0.1, -0.05) is 24.3 Å². The Hall–Kier alpha value is -1.48. The summed E-state index contributed by atoms with van der Waals surface area (Å²) in [6.45, 7) is 4.07. The lowest BCUT2D eigenvalue weighted by molar-refractivity contribution is -0.121. The molecule has 0 N–H and O–H groups in total. The molecule has 2 aromatic rings. The first-order valence-electron chi connectivity index (χ1n) is 6.66. The van der Waals surface area contributed by atoms with Crippen molar-refractivity contribution in [3.8, 4) is 0 Å². The Morgan fingerprint density at radius 2 is 1.89 bits per heavy atom. The topological polar surface area (TPSA) is 30.0 Å². The molecule has 0 radical (unpaired) electrons. The number of fused-ring (bicyclic) bond motifs is 1. The van der Waals surface area contributed by atoms with Gasteiger partial charge in [0.25, 0.3) is 0 Å². The number of carbonyl (C=O) groups is 1. The summed E-state index contributed by atoms with van der Waals surface area (Å²) in [5, 5.41) is 0.968. The summed E-state index contributed by atoms with van der Waals surface area (Å²) in [5.41, 5.74) is 3.74. The van der Waals surface area contributed by atoms with Gasteiger partial charge in [0.2, 0.25) is 0 Å². The van der Waals surface area contributed by atoms with Crippen LogP contribution in [0.3, 0.4) is 0 Å². The summed E-state index contributed by atoms with van der Waals surface area (Å²) >= 11 is 1.65. The van der Waals surface area contributed by atoms with Crippen LogP contribution in [-0.4, -0.2) is 10.8 Å². The number of thiazole rings is 1. The molecule has 2 nitrogen and oxygen atoms in total. The van der Waals surface area contributed by atoms with E-state index in [2.05, 4.69) is 36.2 Å². The molecule has 0 bridgehead atoms. The second kappa shape index (κ2) is 4.89. The van der Waals surface area contributed by atoms with Gasteiger partial charge >= 0.3 is 0 Å². The lowest BCUT2D eigenvalue weighted by Gasteiger charge is -2.05. The number of aromatic nitrogens is 1. The van der Waals surface area contributed by atoms with Gasteiger partial charge in [-0.2, -0.15) is 0 Å². The van der Waals surface area contributed by atoms with Gasteiger partial charge in [0.15, 0.2) is 0 Å². The zero-order chi connectivity index (χ0) is 13.4. The molecule has 3 rings (SSSR count). The first-order valence-corrected chi connectivity index (χ1v) is 7.47. The van der Waals surface area contributed by atoms with Gasteiger partial charge in [-0.3, -0.25) is 4.79 Å². The minimum absolute atomic E-state index is 0.155. The second-order valence-electron chi connectivity index (χ2n) is 5.27. The Morgan fingerprint density at radius 3 is 2.42 bits per heavy atom. The molecule has 0 atom stereocenters. The summed E-state index contributed by atoms with van der Waals surface area (Å²) in [6, 6.07) is 8.39. The Balaban J connectivity index is 1.70. The van der Waals surface area contributed by atoms with Gasteiger partial charge < -0.3 is 0 Å². The highest BCUT2D eigenvalue weighted by atomic mass is 32.1. The van der Waals surface area contributed by atoms with E-state index in [0.717, 1.165) is 23.5 Å². The summed E-state index contributed by atoms with van der Waals surface area (Å²) < 4.78 is 0. The molecule has 3 heteroatoms. The number of hydrogen-bond donors (Lipinski definition) is 0. The van der Waals surface area contributed by atoms with E-state index in [-0.39, 0.29) is 5.92 Å². The lowest BCUT2D eigenvalue weighted by Crippen LogP contribution is -2.17. The van der Waals surface area contributed by atoms with Crippen molar-refractivity contribution in [2.75, 3.05) is 0 Å². The number of ketones is 1. The predicted molar refractivity (Wildman–Crippen MR) is 77.6 cm³/mol. The summed E-state index contributed by atoms with van der Waals surface area (Å²) in [5.74, 6) is 0.492. The Kier molecular flexibility index (Phi) is 3.23. The fourth-order valence-electron chi connectivity index (χ4n) is 2.69. The van der Waals surface area contributed by atoms with Gasteiger partial charge in [-0.15, -0.1) is 11.3 Å². The molecule has 0 aliphatic heterocycles. The number of aryl methyl sites for hydroxylation is 2. The first-order chi connectivity index (χ1) is 9.13. The fraction of sp³-hybridized carbons (Fsp3) is 0.375. The molecule has 98 valence electrons. The maximum Gasteiger partial charge on any atom is 0.143 e. The molecule has 0 saturated carbocycles. The van der Waals surface area contributed by atoms with Crippen LogP contribution in [0.15, 0.2) is 24.3 Å². The first kappa shape index (κ1) is 12.5. The Bertz CT molecular complexity index is 585. The lowest BCUT2D eigenvalue weighted by atomic mass is 9.99. The SMILES string of the molecule is Cc1nc(CC(=O)C2Cc3ccccc3C2)sc1C. The van der Waals surface area contributed by atoms with Crippen molar-refractivity contribution >= 4 is 17.1 Å². The fourth-order valence-corrected chi connectivity index (χ4v) is 3.64. The van der Waals surface area contributed by atoms with Crippen LogP contribution in [0, 0.1) is 19.8 Å². The third-order valence-corrected chi connectivity index (χ3v) is 4.98. The average molecular weight is 271 g/mol. The molecule has 1 aliphatic rings. The molecular formula is C16H17NOS. The van der Waals surface area contributed by atoms with Gasteiger partial charge in [-0.25, -0.2) is 4.98 Å². The van der Waals surface area contributed by atoms with E-state index in [1.807, 2.05) is 6.92 Å². The molecule has 0 spiro atoms. The van der Waals surface area contributed by atoms with E-state index in [4.69, 9.17) is 0 Å². The monoisotopic (exact) mass is 271 g/mol. The number of nitrogens with zero attached hydrogens (tertiary/aromatic N) is 1. The van der Waals surface area contributed by atoms with E-state index < -0.39 is 0 Å². The van der Waals surface area contributed by atoms with Gasteiger partial charge in [0.1, 0.15) is 10.8 Å². The van der Waals surface area contributed by atoms with E-state index in [9.17, 15) is 4.79 Å². The molecule has 1 heterocycles. The summed E-state index contributed by atoms with van der Waals surface area (Å²) in [6.07, 6.45) is 2.30. The standard InChI is InChI=1S/C16H17NOS/c1-10-11(2)19-16(17-10)9-15(18)14-7-12-5-3-4-6-13(12)8-14/h3-6,14H,7-9H2,1-2H3. The van der Waals surface area contributed by atoms with Crippen molar-refractivity contribution in [3.05, 3.63) is 51.0 Å². The predicted octanol–water partition coefficient (Wildman–Crippen LogP) is 3.29. The summed E-state index contributed by atoms with van der Waals surface area (Å²) in [7, 11) is 0. The highest BCUT2D eigenvalue weighted by Crippen LogP contribution is 2.28. The zero-order valence-corrected chi connectivity index (χ0v) is 12.1. The number of Topliss-reactive ketones (excluding diaryl/α,β-unsaturated/α-hetero) is 1. The Labute approximate surface area is 117 Å². The van der Waals surface area contributed by atoms with Crippen molar-refractivity contribution in [3.63, 3.8) is 0 Å². The number of rotatable bonds is 3. The van der Waals surface area contributed by atoms with Crippen molar-refractivity contribution in [2.24, 2.45) is 5.92 Å². The number of hydrogen-bond acceptors (Lipinski definition) is 3. The average Bonchev–Trinajstić information content (AvgIpc) is 2.93. The van der Waals surface area contributed by atoms with Crippen LogP contribution >= 0.6 is 11.3 Å². The van der Waals surface area contributed by atoms with Crippen LogP contribution in [0.4, 0.5) is 0 Å². The molecule has 19 heavy (non-hydrogen) atoms. The van der Waals surface area contributed by atoms with E-state index >= 15 is 0 Å². The van der Waals surface area contributed by atoms with Gasteiger partial charge in [0.05, 0.1) is 12.1 Å². The minimum atomic E-state index is 0.155. The third-order valence-electron chi connectivity index (χ3n) is 3.90. The maximum atomic E-state index is 12.4. The second-order valence-corrected chi connectivity index (χ2v) is 6.55. The van der Waals surface area contributed by atoms with Gasteiger partial charge in [-0.05, 0) is 37.8 Å². The van der Waals surface area contributed by atoms with Crippen LogP contribution in [0.1, 0.15) is 26.7 Å². The molecular weight excluding hydrogens is 254 g/mol. The highest BCUT2D eigenvalue weighted by Gasteiger charge is 2.27. The maximum absolute atomic E-state index is 12.4. The minimum Gasteiger partial charge on any atom is -0.299 e. The molecule has 0 saturated heterocycles. The van der Waals surface area contributed by atoms with Crippen LogP contribution in [0.5, 0.6) is 0 Å². The van der Waals surface area contributed by atoms with Crippen LogP contribution in [0.2, 0.25) is 0 Å². The molecule has 1 aromatic heterocycles. The van der Waals surface area contributed by atoms with Crippen LogP contribution in [-0.2, 0) is 24.1 Å². The van der Waals surface area contributed by atoms with E-state index in [1.165, 1.54) is 16.0 Å². The molecule has 0 fully saturated rings. The van der Waals surface area contributed by atoms with Crippen LogP contribution < -0.4 is 0 Å². The van der Waals surface area contributed by atoms with Crippen molar-refractivity contribution in [2.45, 2.75) is 33.1 Å². The highest BCUT2D eigenvalue weighted by molar-refractivity contribution is 7.11. The van der Waals surface area contributed by atoms with Gasteiger partial charge in [0, 0.05) is 10.8 Å². The zero-order valence-electron chi connectivity index (χ0n) is 11.3. The molecule has 1 aromatic carbocycles. The van der Waals surface area contributed by atoms with Crippen molar-refractivity contribution in [1.29, 1.82) is 0 Å². The summed E-state index contributed by atoms with van der Waals surface area (Å²) in [4.78, 5) is 18.1. The largest absolute Gasteiger partial charge is 0.299 e. The third kappa shape index (κ3) is 2.47. The Morgan fingerprint density at radius 1 is 1.26 bits per heavy atom. The molecule has 0 unspecified atom stereocenters. The van der Waals surface area contributed by atoms with Crippen molar-refractivity contribution < 1.29 is 4.79 Å². The molecule has 1 aliphatic carbocycles. The quantitative estimate of drug-likeness (QED) is 0.857. The van der Waals surface area contributed by atoms with E-state index in [0.29, 0.717) is 12.2 Å². The number of carbonyl (C=O) groups excluding carboxylic acids is 1. The molecule has 0 amide bonds. The normalized spacial score (nSPS) is 14.6.